The van der Waals surface area contributed by atoms with Gasteiger partial charge in [-0.2, -0.15) is 0 Å². The molecule has 1 aliphatic rings. The average Bonchev–Trinajstić information content (AvgIpc) is 2.54. The number of amides is 2. The molecule has 1 fully saturated rings. The number of anilines is 1. The molecule has 122 valence electrons. The quantitative estimate of drug-likeness (QED) is 0.832. The van der Waals surface area contributed by atoms with Crippen molar-refractivity contribution in [3.63, 3.8) is 0 Å². The van der Waals surface area contributed by atoms with E-state index in [9.17, 15) is 9.18 Å². The first-order valence-electron chi connectivity index (χ1n) is 7.53. The fraction of sp³-hybridized carbons (Fsp3) is 0.562. The molecule has 1 saturated carbocycles. The number of hydrogen-bond donors (Lipinski definition) is 2. The highest BCUT2D eigenvalue weighted by molar-refractivity contribution is 7.98. The van der Waals surface area contributed by atoms with E-state index in [0.717, 1.165) is 25.7 Å². The Morgan fingerprint density at radius 2 is 2.09 bits per heavy atom. The maximum absolute atomic E-state index is 13.7. The van der Waals surface area contributed by atoms with Gasteiger partial charge in [-0.3, -0.25) is 0 Å². The number of hydrogen-bond acceptors (Lipinski definition) is 3. The first-order valence-corrected chi connectivity index (χ1v) is 8.75. The Morgan fingerprint density at radius 3 is 2.64 bits per heavy atom. The van der Waals surface area contributed by atoms with Crippen molar-refractivity contribution in [2.75, 3.05) is 25.2 Å². The van der Waals surface area contributed by atoms with Crippen LogP contribution in [0.4, 0.5) is 14.9 Å². The molecule has 0 unspecified atom stereocenters. The Morgan fingerprint density at radius 1 is 1.41 bits per heavy atom. The van der Waals surface area contributed by atoms with Crippen molar-refractivity contribution < 1.29 is 14.3 Å². The number of aliphatic hydroxyl groups excluding tert-OH is 1. The highest BCUT2D eigenvalue weighted by atomic mass is 32.2. The highest BCUT2D eigenvalue weighted by Gasteiger charge is 2.26. The largest absolute Gasteiger partial charge is 0.396 e. The average molecular weight is 326 g/mol. The second kappa shape index (κ2) is 7.83. The molecular weight excluding hydrogens is 303 g/mol. The minimum Gasteiger partial charge on any atom is -0.396 e. The predicted molar refractivity (Wildman–Crippen MR) is 87.8 cm³/mol. The standard InChI is InChI=1S/C16H23FN2O2S/c1-19(13-6-3-11(10-20)4-7-13)16(21)18-12-5-8-15(22-2)14(17)9-12/h5,8-9,11,13,20H,3-4,6-7,10H2,1-2H3,(H,18,21). The number of rotatable bonds is 4. The first-order chi connectivity index (χ1) is 10.5. The van der Waals surface area contributed by atoms with Gasteiger partial charge < -0.3 is 15.3 Å². The van der Waals surface area contributed by atoms with Gasteiger partial charge >= 0.3 is 6.03 Å². The van der Waals surface area contributed by atoms with Crippen LogP contribution in [0.3, 0.4) is 0 Å². The van der Waals surface area contributed by atoms with E-state index in [0.29, 0.717) is 16.5 Å². The van der Waals surface area contributed by atoms with Crippen molar-refractivity contribution in [1.82, 2.24) is 4.90 Å². The molecule has 4 nitrogen and oxygen atoms in total. The molecule has 2 amide bonds. The maximum Gasteiger partial charge on any atom is 0.321 e. The van der Waals surface area contributed by atoms with Crippen LogP contribution >= 0.6 is 11.8 Å². The predicted octanol–water partition coefficient (Wildman–Crippen LogP) is 3.56. The van der Waals surface area contributed by atoms with Crippen LogP contribution in [0.5, 0.6) is 0 Å². The molecular formula is C16H23FN2O2S. The van der Waals surface area contributed by atoms with Crippen LogP contribution in [0.25, 0.3) is 0 Å². The molecule has 0 saturated heterocycles. The summed E-state index contributed by atoms with van der Waals surface area (Å²) in [5.74, 6) is 0.0392. The third kappa shape index (κ3) is 4.14. The van der Waals surface area contributed by atoms with Gasteiger partial charge in [0.05, 0.1) is 0 Å². The van der Waals surface area contributed by atoms with E-state index in [4.69, 9.17) is 5.11 Å². The van der Waals surface area contributed by atoms with Gasteiger partial charge in [0.2, 0.25) is 0 Å². The first kappa shape index (κ1) is 17.1. The zero-order valence-electron chi connectivity index (χ0n) is 13.0. The van der Waals surface area contributed by atoms with E-state index in [2.05, 4.69) is 5.32 Å². The van der Waals surface area contributed by atoms with Crippen molar-refractivity contribution in [2.24, 2.45) is 5.92 Å². The molecule has 1 aromatic carbocycles. The molecule has 0 aliphatic heterocycles. The number of thioether (sulfide) groups is 1. The van der Waals surface area contributed by atoms with E-state index in [1.54, 1.807) is 24.1 Å². The fourth-order valence-corrected chi connectivity index (χ4v) is 3.29. The Balaban J connectivity index is 1.92. The normalized spacial score (nSPS) is 21.5. The smallest absolute Gasteiger partial charge is 0.321 e. The van der Waals surface area contributed by atoms with Crippen LogP contribution in [0.2, 0.25) is 0 Å². The zero-order chi connectivity index (χ0) is 16.1. The summed E-state index contributed by atoms with van der Waals surface area (Å²) in [4.78, 5) is 14.5. The van der Waals surface area contributed by atoms with Gasteiger partial charge in [0.15, 0.2) is 0 Å². The van der Waals surface area contributed by atoms with Crippen molar-refractivity contribution in [2.45, 2.75) is 36.6 Å². The van der Waals surface area contributed by atoms with Crippen LogP contribution in [0.15, 0.2) is 23.1 Å². The van der Waals surface area contributed by atoms with Crippen molar-refractivity contribution >= 4 is 23.5 Å². The Bertz CT molecular complexity index is 519. The van der Waals surface area contributed by atoms with E-state index in [-0.39, 0.29) is 24.5 Å². The number of carbonyl (C=O) groups is 1. The number of nitrogens with zero attached hydrogens (tertiary/aromatic N) is 1. The molecule has 0 atom stereocenters. The van der Waals surface area contributed by atoms with Gasteiger partial charge in [-0.25, -0.2) is 9.18 Å². The highest BCUT2D eigenvalue weighted by Crippen LogP contribution is 2.27. The van der Waals surface area contributed by atoms with Crippen LogP contribution in [-0.4, -0.2) is 42.0 Å². The molecule has 6 heteroatoms. The number of carbonyl (C=O) groups excluding carboxylic acids is 1. The lowest BCUT2D eigenvalue weighted by Crippen LogP contribution is -2.42. The van der Waals surface area contributed by atoms with Gasteiger partial charge in [-0.05, 0) is 56.1 Å². The Hall–Kier alpha value is -1.27. The lowest BCUT2D eigenvalue weighted by atomic mass is 9.86. The second-order valence-electron chi connectivity index (χ2n) is 5.75. The Kier molecular flexibility index (Phi) is 6.08. The molecule has 0 aromatic heterocycles. The summed E-state index contributed by atoms with van der Waals surface area (Å²) in [6, 6.07) is 4.69. The summed E-state index contributed by atoms with van der Waals surface area (Å²) in [6.45, 7) is 0.226. The minimum atomic E-state index is -0.323. The topological polar surface area (TPSA) is 52.6 Å². The molecule has 2 N–H and O–H groups in total. The number of urea groups is 1. The minimum absolute atomic E-state index is 0.179. The summed E-state index contributed by atoms with van der Waals surface area (Å²) in [7, 11) is 1.77. The third-order valence-electron chi connectivity index (χ3n) is 4.35. The molecule has 0 spiro atoms. The lowest BCUT2D eigenvalue weighted by Gasteiger charge is -2.34. The van der Waals surface area contributed by atoms with E-state index >= 15 is 0 Å². The zero-order valence-corrected chi connectivity index (χ0v) is 13.8. The van der Waals surface area contributed by atoms with E-state index < -0.39 is 0 Å². The molecule has 2 rings (SSSR count). The second-order valence-corrected chi connectivity index (χ2v) is 6.60. The van der Waals surface area contributed by atoms with Crippen molar-refractivity contribution in [3.05, 3.63) is 24.0 Å². The van der Waals surface area contributed by atoms with Crippen LogP contribution in [0, 0.1) is 11.7 Å². The van der Waals surface area contributed by atoms with Gasteiger partial charge in [-0.1, -0.05) is 0 Å². The van der Waals surface area contributed by atoms with Crippen LogP contribution < -0.4 is 5.32 Å². The molecule has 1 aliphatic carbocycles. The molecule has 0 radical (unpaired) electrons. The molecule has 1 aromatic rings. The van der Waals surface area contributed by atoms with E-state index in [1.165, 1.54) is 17.8 Å². The van der Waals surface area contributed by atoms with Gasteiger partial charge in [0, 0.05) is 30.3 Å². The number of benzene rings is 1. The van der Waals surface area contributed by atoms with Crippen LogP contribution in [-0.2, 0) is 0 Å². The summed E-state index contributed by atoms with van der Waals surface area (Å²) >= 11 is 1.34. The van der Waals surface area contributed by atoms with Gasteiger partial charge in [0.1, 0.15) is 5.82 Å². The van der Waals surface area contributed by atoms with E-state index in [1.807, 2.05) is 6.26 Å². The van der Waals surface area contributed by atoms with Gasteiger partial charge in [-0.15, -0.1) is 11.8 Å². The lowest BCUT2D eigenvalue weighted by molar-refractivity contribution is 0.139. The maximum atomic E-state index is 13.7. The molecule has 0 bridgehead atoms. The van der Waals surface area contributed by atoms with Crippen molar-refractivity contribution in [3.8, 4) is 0 Å². The summed E-state index contributed by atoms with van der Waals surface area (Å²) in [6.07, 6.45) is 5.49. The monoisotopic (exact) mass is 326 g/mol. The molecule has 22 heavy (non-hydrogen) atoms. The summed E-state index contributed by atoms with van der Waals surface area (Å²) in [5, 5.41) is 11.9. The third-order valence-corrected chi connectivity index (χ3v) is 5.12. The summed E-state index contributed by atoms with van der Waals surface area (Å²) < 4.78 is 13.7. The number of aliphatic hydroxyl groups is 1. The van der Waals surface area contributed by atoms with Crippen molar-refractivity contribution in [1.29, 1.82) is 0 Å². The number of nitrogens with one attached hydrogen (secondary N) is 1. The SMILES string of the molecule is CSc1ccc(NC(=O)N(C)C2CCC(CO)CC2)cc1F. The molecule has 0 heterocycles. The summed E-state index contributed by atoms with van der Waals surface area (Å²) in [5.41, 5.74) is 0.469. The van der Waals surface area contributed by atoms with Gasteiger partial charge in [0.25, 0.3) is 0 Å². The van der Waals surface area contributed by atoms with Crippen LogP contribution in [0.1, 0.15) is 25.7 Å². The Labute approximate surface area is 135 Å². The fourth-order valence-electron chi connectivity index (χ4n) is 2.84. The number of halogens is 1.